The number of carbonyl (C=O) groups excluding carboxylic acids is 1. The van der Waals surface area contributed by atoms with Crippen LogP contribution in [0.3, 0.4) is 0 Å². The molecule has 0 unspecified atom stereocenters. The Morgan fingerprint density at radius 1 is 1.61 bits per heavy atom. The molecular weight excluding hydrogens is 276 g/mol. The summed E-state index contributed by atoms with van der Waals surface area (Å²) in [7, 11) is -2.01. The third-order valence-electron chi connectivity index (χ3n) is 2.50. The molecule has 100 valence electrons. The third kappa shape index (κ3) is 3.95. The molecule has 0 spiro atoms. The number of aromatic nitrogens is 1. The van der Waals surface area contributed by atoms with E-state index in [2.05, 4.69) is 14.4 Å². The van der Waals surface area contributed by atoms with Crippen molar-refractivity contribution < 1.29 is 17.9 Å². The Morgan fingerprint density at radius 2 is 2.33 bits per heavy atom. The topological polar surface area (TPSA) is 85.4 Å². The normalized spacial score (nSPS) is 15.4. The first-order valence-electron chi connectivity index (χ1n) is 5.50. The number of anilines is 1. The average Bonchev–Trinajstić information content (AvgIpc) is 2.98. The number of carbonyl (C=O) groups is 1. The summed E-state index contributed by atoms with van der Waals surface area (Å²) >= 11 is 1.17. The van der Waals surface area contributed by atoms with Gasteiger partial charge in [0.15, 0.2) is 5.13 Å². The highest BCUT2D eigenvalue weighted by atomic mass is 32.2. The van der Waals surface area contributed by atoms with Crippen molar-refractivity contribution in [2.75, 3.05) is 17.6 Å². The van der Waals surface area contributed by atoms with Crippen molar-refractivity contribution in [1.82, 2.24) is 4.98 Å². The SMILES string of the molecule is COC(=O)Cc1csc(NS(=O)(=O)CC2CC2)n1. The van der Waals surface area contributed by atoms with Crippen LogP contribution in [0.2, 0.25) is 0 Å². The minimum absolute atomic E-state index is 0.0529. The lowest BCUT2D eigenvalue weighted by atomic mass is 10.3. The Bertz CT molecular complexity index is 534. The summed E-state index contributed by atoms with van der Waals surface area (Å²) in [5.41, 5.74) is 0.510. The number of hydrogen-bond donors (Lipinski definition) is 1. The lowest BCUT2D eigenvalue weighted by molar-refractivity contribution is -0.139. The van der Waals surface area contributed by atoms with Gasteiger partial charge in [-0.15, -0.1) is 11.3 Å². The lowest BCUT2D eigenvalue weighted by Gasteiger charge is -2.03. The molecule has 0 bridgehead atoms. The molecular formula is C10H14N2O4S2. The van der Waals surface area contributed by atoms with Crippen LogP contribution < -0.4 is 4.72 Å². The van der Waals surface area contributed by atoms with Gasteiger partial charge in [-0.25, -0.2) is 13.4 Å². The molecule has 0 atom stereocenters. The van der Waals surface area contributed by atoms with E-state index in [4.69, 9.17) is 0 Å². The van der Waals surface area contributed by atoms with Crippen LogP contribution in [-0.2, 0) is 26.0 Å². The minimum atomic E-state index is -3.31. The zero-order valence-corrected chi connectivity index (χ0v) is 11.5. The van der Waals surface area contributed by atoms with Gasteiger partial charge in [0, 0.05) is 5.38 Å². The van der Waals surface area contributed by atoms with Crippen LogP contribution in [-0.4, -0.2) is 32.2 Å². The summed E-state index contributed by atoms with van der Waals surface area (Å²) in [6.45, 7) is 0. The summed E-state index contributed by atoms with van der Waals surface area (Å²) in [6, 6.07) is 0. The molecule has 8 heteroatoms. The van der Waals surface area contributed by atoms with Crippen LogP contribution in [0.1, 0.15) is 18.5 Å². The maximum atomic E-state index is 11.7. The van der Waals surface area contributed by atoms with Crippen molar-refractivity contribution in [2.24, 2.45) is 5.92 Å². The van der Waals surface area contributed by atoms with Crippen LogP contribution in [0.15, 0.2) is 5.38 Å². The van der Waals surface area contributed by atoms with Crippen LogP contribution in [0.5, 0.6) is 0 Å². The van der Waals surface area contributed by atoms with Gasteiger partial charge in [0.05, 0.1) is 25.0 Å². The third-order valence-corrected chi connectivity index (χ3v) is 4.85. The second kappa shape index (κ2) is 5.23. The molecule has 1 aliphatic carbocycles. The highest BCUT2D eigenvalue weighted by Gasteiger charge is 2.28. The summed E-state index contributed by atoms with van der Waals surface area (Å²) in [5, 5.41) is 1.95. The summed E-state index contributed by atoms with van der Waals surface area (Å²) < 4.78 is 30.3. The van der Waals surface area contributed by atoms with Crippen molar-refractivity contribution in [3.05, 3.63) is 11.1 Å². The number of nitrogens with one attached hydrogen (secondary N) is 1. The number of rotatable bonds is 6. The average molecular weight is 290 g/mol. The number of hydrogen-bond acceptors (Lipinski definition) is 6. The van der Waals surface area contributed by atoms with Gasteiger partial charge in [0.25, 0.3) is 0 Å². The van der Waals surface area contributed by atoms with Crippen LogP contribution >= 0.6 is 11.3 Å². The van der Waals surface area contributed by atoms with Gasteiger partial charge >= 0.3 is 5.97 Å². The van der Waals surface area contributed by atoms with Gasteiger partial charge in [-0.3, -0.25) is 9.52 Å². The van der Waals surface area contributed by atoms with E-state index >= 15 is 0 Å². The highest BCUT2D eigenvalue weighted by molar-refractivity contribution is 7.92. The predicted molar refractivity (Wildman–Crippen MR) is 68.0 cm³/mol. The number of sulfonamides is 1. The van der Waals surface area contributed by atoms with Gasteiger partial charge in [-0.2, -0.15) is 0 Å². The zero-order chi connectivity index (χ0) is 13.2. The first-order chi connectivity index (χ1) is 8.48. The van der Waals surface area contributed by atoms with Crippen LogP contribution in [0.25, 0.3) is 0 Å². The van der Waals surface area contributed by atoms with Crippen molar-refractivity contribution >= 4 is 32.5 Å². The number of thiazole rings is 1. The second-order valence-electron chi connectivity index (χ2n) is 4.22. The Kier molecular flexibility index (Phi) is 3.86. The molecule has 1 fully saturated rings. The molecule has 18 heavy (non-hydrogen) atoms. The van der Waals surface area contributed by atoms with Crippen LogP contribution in [0.4, 0.5) is 5.13 Å². The standard InChI is InChI=1S/C10H14N2O4S2/c1-16-9(13)4-8-5-17-10(11-8)12-18(14,15)6-7-2-3-7/h5,7H,2-4,6H2,1H3,(H,11,12). The summed E-state index contributed by atoms with van der Waals surface area (Å²) in [6.07, 6.45) is 2.01. The molecule has 1 N–H and O–H groups in total. The molecule has 1 aromatic rings. The molecule has 0 amide bonds. The van der Waals surface area contributed by atoms with E-state index in [-0.39, 0.29) is 18.1 Å². The highest BCUT2D eigenvalue weighted by Crippen LogP contribution is 2.31. The van der Waals surface area contributed by atoms with Crippen molar-refractivity contribution in [1.29, 1.82) is 0 Å². The van der Waals surface area contributed by atoms with Gasteiger partial charge in [0.1, 0.15) is 0 Å². The fourth-order valence-electron chi connectivity index (χ4n) is 1.42. The fourth-order valence-corrected chi connectivity index (χ4v) is 3.90. The van der Waals surface area contributed by atoms with Gasteiger partial charge in [0.2, 0.25) is 10.0 Å². The molecule has 0 radical (unpaired) electrons. The maximum Gasteiger partial charge on any atom is 0.311 e. The molecule has 2 rings (SSSR count). The zero-order valence-electron chi connectivity index (χ0n) is 9.88. The van der Waals surface area contributed by atoms with Gasteiger partial charge in [-0.05, 0) is 18.8 Å². The molecule has 0 saturated heterocycles. The summed E-state index contributed by atoms with van der Waals surface area (Å²) in [5.74, 6) is 0.0449. The first-order valence-corrected chi connectivity index (χ1v) is 8.03. The second-order valence-corrected chi connectivity index (χ2v) is 6.85. The fraction of sp³-hybridized carbons (Fsp3) is 0.600. The summed E-state index contributed by atoms with van der Waals surface area (Å²) in [4.78, 5) is 15.1. The molecule has 1 aliphatic rings. The molecule has 0 aromatic carbocycles. The van der Waals surface area contributed by atoms with Crippen molar-refractivity contribution in [3.63, 3.8) is 0 Å². The first kappa shape index (κ1) is 13.3. The number of esters is 1. The molecule has 1 heterocycles. The van der Waals surface area contributed by atoms with Crippen molar-refractivity contribution in [3.8, 4) is 0 Å². The Hall–Kier alpha value is -1.15. The van der Waals surface area contributed by atoms with E-state index in [0.717, 1.165) is 12.8 Å². The minimum Gasteiger partial charge on any atom is -0.469 e. The lowest BCUT2D eigenvalue weighted by Crippen LogP contribution is -2.17. The quantitative estimate of drug-likeness (QED) is 0.790. The molecule has 6 nitrogen and oxygen atoms in total. The maximum absolute atomic E-state index is 11.7. The van der Waals surface area contributed by atoms with E-state index in [1.165, 1.54) is 18.4 Å². The number of methoxy groups -OCH3 is 1. The smallest absolute Gasteiger partial charge is 0.311 e. The Balaban J connectivity index is 1.95. The van der Waals surface area contributed by atoms with E-state index in [1.807, 2.05) is 0 Å². The van der Waals surface area contributed by atoms with E-state index in [1.54, 1.807) is 5.38 Å². The number of nitrogens with zero attached hydrogens (tertiary/aromatic N) is 1. The molecule has 1 aromatic heterocycles. The largest absolute Gasteiger partial charge is 0.469 e. The van der Waals surface area contributed by atoms with E-state index in [9.17, 15) is 13.2 Å². The van der Waals surface area contributed by atoms with Gasteiger partial charge < -0.3 is 4.74 Å². The van der Waals surface area contributed by atoms with Gasteiger partial charge in [-0.1, -0.05) is 0 Å². The molecule has 0 aliphatic heterocycles. The molecule has 1 saturated carbocycles. The van der Waals surface area contributed by atoms with Crippen molar-refractivity contribution in [2.45, 2.75) is 19.3 Å². The monoisotopic (exact) mass is 290 g/mol. The van der Waals surface area contributed by atoms with Crippen LogP contribution in [0, 0.1) is 5.92 Å². The van der Waals surface area contributed by atoms with E-state index in [0.29, 0.717) is 10.8 Å². The predicted octanol–water partition coefficient (Wildman–Crippen LogP) is 1.01. The Morgan fingerprint density at radius 3 is 2.94 bits per heavy atom. The number of ether oxygens (including phenoxy) is 1. The Labute approximate surface area is 109 Å². The van der Waals surface area contributed by atoms with E-state index < -0.39 is 16.0 Å².